The average Bonchev–Trinajstić information content (AvgIpc) is 2.93. The number of thioether (sulfide) groups is 1. The predicted octanol–water partition coefficient (Wildman–Crippen LogP) is 3.50. The molecule has 0 spiro atoms. The lowest BCUT2D eigenvalue weighted by atomic mass is 9.88. The van der Waals surface area contributed by atoms with Gasteiger partial charge in [0, 0.05) is 23.3 Å². The van der Waals surface area contributed by atoms with Gasteiger partial charge in [0.05, 0.1) is 11.6 Å². The van der Waals surface area contributed by atoms with Crippen LogP contribution in [-0.2, 0) is 4.79 Å². The summed E-state index contributed by atoms with van der Waals surface area (Å²) in [7, 11) is 0. The summed E-state index contributed by atoms with van der Waals surface area (Å²) in [6.45, 7) is 6.41. The van der Waals surface area contributed by atoms with Gasteiger partial charge >= 0.3 is 6.03 Å². The molecule has 126 valence electrons. The van der Waals surface area contributed by atoms with E-state index in [0.717, 1.165) is 50.7 Å². The fourth-order valence-corrected chi connectivity index (χ4v) is 5.50. The number of ketones is 1. The lowest BCUT2D eigenvalue weighted by Gasteiger charge is -2.29. The number of Topliss-reactive ketones (excluding diaryl/α,β-unsaturated/α-hetero) is 1. The van der Waals surface area contributed by atoms with Crippen LogP contribution in [0.1, 0.15) is 65.7 Å². The summed E-state index contributed by atoms with van der Waals surface area (Å²) in [6, 6.07) is 0.226. The molecule has 4 atom stereocenters. The Hall–Kier alpha value is -0.710. The largest absolute Gasteiger partial charge is 0.332 e. The first-order valence-electron chi connectivity index (χ1n) is 8.74. The summed E-state index contributed by atoms with van der Waals surface area (Å²) in [5.74, 6) is 1.71. The quantitative estimate of drug-likeness (QED) is 0.503. The second-order valence-corrected chi connectivity index (χ2v) is 8.10. The highest BCUT2D eigenvalue weighted by Gasteiger charge is 2.52. The Kier molecular flexibility index (Phi) is 6.18. The zero-order chi connectivity index (χ0) is 16.2. The molecule has 2 saturated heterocycles. The van der Waals surface area contributed by atoms with Crippen LogP contribution in [0.2, 0.25) is 0 Å². The number of hydrogen-bond acceptors (Lipinski definition) is 3. The maximum Gasteiger partial charge on any atom is 0.315 e. The zero-order valence-electron chi connectivity index (χ0n) is 14.1. The maximum atomic E-state index is 12.2. The van der Waals surface area contributed by atoms with Gasteiger partial charge in [0.2, 0.25) is 0 Å². The lowest BCUT2D eigenvalue weighted by Crippen LogP contribution is -2.50. The van der Waals surface area contributed by atoms with Crippen LogP contribution in [0.25, 0.3) is 0 Å². The van der Waals surface area contributed by atoms with E-state index in [0.29, 0.717) is 11.0 Å². The Morgan fingerprint density at radius 2 is 2.18 bits per heavy atom. The maximum absolute atomic E-state index is 12.2. The van der Waals surface area contributed by atoms with E-state index in [4.69, 9.17) is 0 Å². The van der Waals surface area contributed by atoms with Crippen molar-refractivity contribution in [3.05, 3.63) is 0 Å². The van der Waals surface area contributed by atoms with Crippen LogP contribution in [0.5, 0.6) is 0 Å². The second-order valence-electron chi connectivity index (χ2n) is 6.86. The zero-order valence-corrected chi connectivity index (χ0v) is 14.9. The molecule has 2 N–H and O–H groups in total. The topological polar surface area (TPSA) is 58.2 Å². The van der Waals surface area contributed by atoms with Crippen molar-refractivity contribution in [1.29, 1.82) is 0 Å². The Morgan fingerprint density at radius 1 is 1.41 bits per heavy atom. The molecule has 0 radical (unpaired) electrons. The number of carbonyl (C=O) groups is 2. The van der Waals surface area contributed by atoms with Gasteiger partial charge in [-0.15, -0.1) is 0 Å². The smallest absolute Gasteiger partial charge is 0.315 e. The van der Waals surface area contributed by atoms with Crippen molar-refractivity contribution in [3.63, 3.8) is 0 Å². The van der Waals surface area contributed by atoms with Gasteiger partial charge in [0.1, 0.15) is 5.78 Å². The molecular weight excluding hydrogens is 296 g/mol. The third kappa shape index (κ3) is 3.79. The number of rotatable bonds is 9. The molecule has 4 nitrogen and oxygen atoms in total. The highest BCUT2D eigenvalue weighted by Crippen LogP contribution is 2.41. The number of nitrogens with one attached hydrogen (secondary N) is 2. The molecule has 2 rings (SSSR count). The Bertz CT molecular complexity index is 415. The minimum atomic E-state index is -0.111. The SMILES string of the molecule is CCCC(CC)C(=O)CCCC[C@@H]1SC[C@@H]2NC(=O)N[C@@]21C. The normalized spacial score (nSPS) is 31.5. The molecular formula is C17H30N2O2S. The first-order chi connectivity index (χ1) is 10.5. The van der Waals surface area contributed by atoms with E-state index in [1.165, 1.54) is 0 Å². The van der Waals surface area contributed by atoms with E-state index in [-0.39, 0.29) is 23.5 Å². The summed E-state index contributed by atoms with van der Waals surface area (Å²) >= 11 is 1.95. The van der Waals surface area contributed by atoms with Crippen LogP contribution in [0, 0.1) is 5.92 Å². The lowest BCUT2D eigenvalue weighted by molar-refractivity contribution is -0.123. The molecule has 1 unspecified atom stereocenters. The summed E-state index contributed by atoms with van der Waals surface area (Å²) in [6.07, 6.45) is 6.96. The molecule has 0 bridgehead atoms. The van der Waals surface area contributed by atoms with Gasteiger partial charge in [-0.05, 0) is 32.6 Å². The molecule has 0 saturated carbocycles. The van der Waals surface area contributed by atoms with Crippen LogP contribution < -0.4 is 10.6 Å². The number of carbonyl (C=O) groups excluding carboxylic acids is 2. The fourth-order valence-electron chi connectivity index (χ4n) is 3.74. The van der Waals surface area contributed by atoms with E-state index in [1.54, 1.807) is 0 Å². The highest BCUT2D eigenvalue weighted by atomic mass is 32.2. The third-order valence-electron chi connectivity index (χ3n) is 5.27. The van der Waals surface area contributed by atoms with Crippen molar-refractivity contribution in [2.75, 3.05) is 5.75 Å². The molecule has 2 aliphatic heterocycles. The molecule has 0 aromatic heterocycles. The molecule has 22 heavy (non-hydrogen) atoms. The standard InChI is InChI=1S/C17H30N2O2S/c1-4-8-12(5-2)13(20)9-6-7-10-15-17(3)14(11-22-15)18-16(21)19-17/h12,14-15H,4-11H2,1-3H3,(H2,18,19,21)/t12?,14-,15-,17-/m0/s1. The van der Waals surface area contributed by atoms with Gasteiger partial charge in [-0.3, -0.25) is 4.79 Å². The Morgan fingerprint density at radius 3 is 2.86 bits per heavy atom. The number of amides is 2. The van der Waals surface area contributed by atoms with Crippen molar-refractivity contribution in [1.82, 2.24) is 10.6 Å². The van der Waals surface area contributed by atoms with E-state index in [1.807, 2.05) is 11.8 Å². The summed E-state index contributed by atoms with van der Waals surface area (Å²) in [5.41, 5.74) is -0.111. The average molecular weight is 327 g/mol. The molecule has 0 aliphatic carbocycles. The second kappa shape index (κ2) is 7.71. The van der Waals surface area contributed by atoms with Crippen LogP contribution in [-0.4, -0.2) is 34.4 Å². The van der Waals surface area contributed by atoms with Gasteiger partial charge in [0.25, 0.3) is 0 Å². The van der Waals surface area contributed by atoms with Crippen molar-refractivity contribution in [2.24, 2.45) is 5.92 Å². The summed E-state index contributed by atoms with van der Waals surface area (Å²) in [4.78, 5) is 23.7. The molecule has 5 heteroatoms. The Labute approximate surface area is 138 Å². The first-order valence-corrected chi connectivity index (χ1v) is 9.79. The summed E-state index contributed by atoms with van der Waals surface area (Å²) < 4.78 is 0. The van der Waals surface area contributed by atoms with Crippen LogP contribution in [0.4, 0.5) is 4.79 Å². The van der Waals surface area contributed by atoms with Gasteiger partial charge in [0.15, 0.2) is 0 Å². The minimum Gasteiger partial charge on any atom is -0.332 e. The van der Waals surface area contributed by atoms with Crippen molar-refractivity contribution < 1.29 is 9.59 Å². The fraction of sp³-hybridized carbons (Fsp3) is 0.882. The van der Waals surface area contributed by atoms with E-state index in [9.17, 15) is 9.59 Å². The van der Waals surface area contributed by atoms with Gasteiger partial charge in [-0.25, -0.2) is 4.79 Å². The molecule has 2 heterocycles. The Balaban J connectivity index is 1.71. The first kappa shape index (κ1) is 17.6. The minimum absolute atomic E-state index is 0.0293. The molecule has 0 aromatic carbocycles. The number of hydrogen-bond donors (Lipinski definition) is 2. The van der Waals surface area contributed by atoms with E-state index < -0.39 is 0 Å². The van der Waals surface area contributed by atoms with Gasteiger partial charge < -0.3 is 10.6 Å². The predicted molar refractivity (Wildman–Crippen MR) is 92.3 cm³/mol. The van der Waals surface area contributed by atoms with Crippen LogP contribution in [0.3, 0.4) is 0 Å². The van der Waals surface area contributed by atoms with Crippen molar-refractivity contribution >= 4 is 23.6 Å². The van der Waals surface area contributed by atoms with E-state index in [2.05, 4.69) is 31.4 Å². The van der Waals surface area contributed by atoms with Crippen molar-refractivity contribution in [3.8, 4) is 0 Å². The monoisotopic (exact) mass is 326 g/mol. The molecule has 2 aliphatic rings. The summed E-state index contributed by atoms with van der Waals surface area (Å²) in [5, 5.41) is 6.57. The number of fused-ring (bicyclic) bond motifs is 1. The van der Waals surface area contributed by atoms with Gasteiger partial charge in [-0.2, -0.15) is 11.8 Å². The number of urea groups is 1. The molecule has 2 amide bonds. The molecule has 0 aromatic rings. The van der Waals surface area contributed by atoms with Gasteiger partial charge in [-0.1, -0.05) is 26.7 Å². The van der Waals surface area contributed by atoms with Crippen LogP contribution in [0.15, 0.2) is 0 Å². The molecule has 2 fully saturated rings. The number of unbranched alkanes of at least 4 members (excludes halogenated alkanes) is 1. The van der Waals surface area contributed by atoms with Crippen molar-refractivity contribution in [2.45, 2.75) is 82.5 Å². The van der Waals surface area contributed by atoms with Crippen LogP contribution >= 0.6 is 11.8 Å². The third-order valence-corrected chi connectivity index (χ3v) is 6.92. The highest BCUT2D eigenvalue weighted by molar-refractivity contribution is 8.00. The van der Waals surface area contributed by atoms with E-state index >= 15 is 0 Å².